The summed E-state index contributed by atoms with van der Waals surface area (Å²) in [6, 6.07) is 8.68. The Kier molecular flexibility index (Phi) is 5.13. The molecule has 1 saturated heterocycles. The van der Waals surface area contributed by atoms with Gasteiger partial charge in [0.15, 0.2) is 0 Å². The van der Waals surface area contributed by atoms with E-state index in [1.54, 1.807) is 0 Å². The number of imidazole rings is 1. The molecule has 0 radical (unpaired) electrons. The molecule has 1 atom stereocenters. The second-order valence-electron chi connectivity index (χ2n) is 7.65. The van der Waals surface area contributed by atoms with Crippen LogP contribution in [0.1, 0.15) is 30.3 Å². The van der Waals surface area contributed by atoms with Crippen molar-refractivity contribution in [2.45, 2.75) is 38.5 Å². The van der Waals surface area contributed by atoms with Crippen LogP contribution in [-0.2, 0) is 0 Å². The molecule has 0 aliphatic carbocycles. The first-order chi connectivity index (χ1) is 11.9. The van der Waals surface area contributed by atoms with Gasteiger partial charge in [0.25, 0.3) is 0 Å². The quantitative estimate of drug-likeness (QED) is 0.656. The molecule has 3 nitrogen and oxygen atoms in total. The van der Waals surface area contributed by atoms with Crippen molar-refractivity contribution < 1.29 is 0 Å². The zero-order valence-electron chi connectivity index (χ0n) is 15.5. The number of benzene rings is 1. The first-order valence-corrected chi connectivity index (χ1v) is 12.3. The van der Waals surface area contributed by atoms with Gasteiger partial charge in [-0.25, -0.2) is 4.98 Å². The van der Waals surface area contributed by atoms with Crippen LogP contribution in [-0.4, -0.2) is 36.5 Å². The van der Waals surface area contributed by atoms with Gasteiger partial charge < -0.3 is 4.98 Å². The van der Waals surface area contributed by atoms with Crippen LogP contribution >= 0.6 is 0 Å². The molecular formula is C21H25N3Si. The first kappa shape index (κ1) is 17.5. The van der Waals surface area contributed by atoms with Crippen LogP contribution in [0.3, 0.4) is 0 Å². The summed E-state index contributed by atoms with van der Waals surface area (Å²) in [6.07, 6.45) is 4.35. The lowest BCUT2D eigenvalue weighted by Gasteiger charge is -2.16. The van der Waals surface area contributed by atoms with Gasteiger partial charge in [-0.05, 0) is 56.0 Å². The van der Waals surface area contributed by atoms with Gasteiger partial charge in [-0.15, -0.1) is 5.54 Å². The fourth-order valence-corrected chi connectivity index (χ4v) is 3.40. The molecule has 0 bridgehead atoms. The van der Waals surface area contributed by atoms with E-state index in [1.807, 2.05) is 18.3 Å². The number of aromatic amines is 1. The van der Waals surface area contributed by atoms with Crippen molar-refractivity contribution in [3.05, 3.63) is 41.9 Å². The van der Waals surface area contributed by atoms with Crippen LogP contribution < -0.4 is 0 Å². The monoisotopic (exact) mass is 347 g/mol. The molecular weight excluding hydrogens is 322 g/mol. The normalized spacial score (nSPS) is 17.5. The number of likely N-dealkylation sites (tertiary alicyclic amines) is 1. The highest BCUT2D eigenvalue weighted by Gasteiger charge is 2.25. The molecule has 1 fully saturated rings. The molecule has 1 aromatic carbocycles. The van der Waals surface area contributed by atoms with Crippen LogP contribution in [0.5, 0.6) is 0 Å². The highest BCUT2D eigenvalue weighted by molar-refractivity contribution is 6.83. The van der Waals surface area contributed by atoms with E-state index >= 15 is 0 Å². The minimum Gasteiger partial charge on any atom is -0.341 e. The van der Waals surface area contributed by atoms with E-state index in [1.165, 1.54) is 12.8 Å². The fourth-order valence-electron chi connectivity index (χ4n) is 2.96. The fraction of sp³-hybridized carbons (Fsp3) is 0.381. The summed E-state index contributed by atoms with van der Waals surface area (Å²) in [6.45, 7) is 7.81. The minimum atomic E-state index is -1.34. The molecule has 2 aromatic rings. The average molecular weight is 348 g/mol. The maximum absolute atomic E-state index is 4.59. The Morgan fingerprint density at radius 2 is 1.92 bits per heavy atom. The Morgan fingerprint density at radius 3 is 2.56 bits per heavy atom. The molecule has 1 N–H and O–H groups in total. The Hall–Kier alpha value is -2.27. The summed E-state index contributed by atoms with van der Waals surface area (Å²) in [5, 5.41) is 0. The first-order valence-electron chi connectivity index (χ1n) is 8.81. The van der Waals surface area contributed by atoms with Crippen LogP contribution in [0.25, 0.3) is 11.3 Å². The Labute approximate surface area is 151 Å². The molecule has 0 saturated carbocycles. The molecule has 128 valence electrons. The van der Waals surface area contributed by atoms with Crippen LogP contribution in [0.4, 0.5) is 0 Å². The topological polar surface area (TPSA) is 31.9 Å². The lowest BCUT2D eigenvalue weighted by atomic mass is 10.1. The van der Waals surface area contributed by atoms with E-state index in [0.717, 1.165) is 29.2 Å². The Bertz CT molecular complexity index is 851. The van der Waals surface area contributed by atoms with Gasteiger partial charge in [0.1, 0.15) is 13.9 Å². The highest BCUT2D eigenvalue weighted by atomic mass is 28.3. The number of hydrogen-bond donors (Lipinski definition) is 1. The van der Waals surface area contributed by atoms with Gasteiger partial charge in [0.2, 0.25) is 0 Å². The second-order valence-corrected chi connectivity index (χ2v) is 12.4. The van der Waals surface area contributed by atoms with Gasteiger partial charge in [0.05, 0.1) is 17.9 Å². The molecule has 25 heavy (non-hydrogen) atoms. The number of aromatic nitrogens is 2. The molecule has 0 spiro atoms. The third kappa shape index (κ3) is 4.63. The molecule has 4 heteroatoms. The number of nitrogens with one attached hydrogen (secondary N) is 1. The van der Waals surface area contributed by atoms with E-state index in [0.29, 0.717) is 6.04 Å². The maximum atomic E-state index is 4.59. The van der Waals surface area contributed by atoms with Crippen molar-refractivity contribution in [3.63, 3.8) is 0 Å². The van der Waals surface area contributed by atoms with Crippen molar-refractivity contribution in [2.75, 3.05) is 13.6 Å². The van der Waals surface area contributed by atoms with Gasteiger partial charge in [-0.1, -0.05) is 37.7 Å². The summed E-state index contributed by atoms with van der Waals surface area (Å²) >= 11 is 0. The maximum Gasteiger partial charge on any atom is 0.130 e. The van der Waals surface area contributed by atoms with E-state index in [-0.39, 0.29) is 0 Å². The van der Waals surface area contributed by atoms with E-state index in [2.05, 4.69) is 77.0 Å². The molecule has 1 aliphatic rings. The predicted molar refractivity (Wildman–Crippen MR) is 107 cm³/mol. The van der Waals surface area contributed by atoms with Crippen molar-refractivity contribution in [1.29, 1.82) is 0 Å². The zero-order chi connectivity index (χ0) is 17.9. The summed E-state index contributed by atoms with van der Waals surface area (Å²) < 4.78 is 0. The molecule has 3 rings (SSSR count). The van der Waals surface area contributed by atoms with Gasteiger partial charge in [0, 0.05) is 5.56 Å². The SMILES string of the molecule is CN1CCC[C@H]1c1ncc(-c2ccc(C#CC#C[Si](C)(C)C)cc2)[nH]1. The molecule has 1 aliphatic heterocycles. The van der Waals surface area contributed by atoms with Crippen LogP contribution in [0, 0.1) is 23.3 Å². The number of nitrogens with zero attached hydrogens (tertiary/aromatic N) is 2. The molecule has 2 heterocycles. The van der Waals surface area contributed by atoms with E-state index < -0.39 is 8.07 Å². The zero-order valence-corrected chi connectivity index (χ0v) is 16.5. The molecule has 0 amide bonds. The number of rotatable bonds is 2. The largest absolute Gasteiger partial charge is 0.341 e. The van der Waals surface area contributed by atoms with Crippen molar-refractivity contribution in [1.82, 2.24) is 14.9 Å². The average Bonchev–Trinajstić information content (AvgIpc) is 3.20. The van der Waals surface area contributed by atoms with Gasteiger partial charge in [-0.2, -0.15) is 0 Å². The van der Waals surface area contributed by atoms with Crippen LogP contribution in [0.2, 0.25) is 19.6 Å². The summed E-state index contributed by atoms with van der Waals surface area (Å²) in [7, 11) is 0.824. The summed E-state index contributed by atoms with van der Waals surface area (Å²) in [5.41, 5.74) is 6.45. The van der Waals surface area contributed by atoms with Crippen molar-refractivity contribution in [3.8, 4) is 34.6 Å². The van der Waals surface area contributed by atoms with E-state index in [4.69, 9.17) is 0 Å². The van der Waals surface area contributed by atoms with Gasteiger partial charge >= 0.3 is 0 Å². The lowest BCUT2D eigenvalue weighted by Crippen LogP contribution is -2.18. The van der Waals surface area contributed by atoms with Crippen LogP contribution in [0.15, 0.2) is 30.5 Å². The third-order valence-electron chi connectivity index (χ3n) is 4.33. The minimum absolute atomic E-state index is 0.420. The Morgan fingerprint density at radius 1 is 1.16 bits per heavy atom. The predicted octanol–water partition coefficient (Wildman–Crippen LogP) is 4.08. The smallest absolute Gasteiger partial charge is 0.130 e. The number of H-pyrrole nitrogens is 1. The molecule has 0 unspecified atom stereocenters. The summed E-state index contributed by atoms with van der Waals surface area (Å²) in [5.74, 6) is 10.1. The summed E-state index contributed by atoms with van der Waals surface area (Å²) in [4.78, 5) is 10.4. The lowest BCUT2D eigenvalue weighted by molar-refractivity contribution is 0.307. The van der Waals surface area contributed by atoms with Crippen molar-refractivity contribution in [2.24, 2.45) is 0 Å². The molecule has 1 aromatic heterocycles. The second kappa shape index (κ2) is 7.31. The number of hydrogen-bond acceptors (Lipinski definition) is 2. The van der Waals surface area contributed by atoms with Crippen molar-refractivity contribution >= 4 is 8.07 Å². The highest BCUT2D eigenvalue weighted by Crippen LogP contribution is 2.29. The van der Waals surface area contributed by atoms with E-state index in [9.17, 15) is 0 Å². The third-order valence-corrected chi connectivity index (χ3v) is 5.21. The standard InChI is InChI=1S/C21H25N3Si/c1-24-14-7-9-20(24)21-22-16-19(23-21)18-12-10-17(11-13-18)8-5-6-15-25(2,3)4/h10-13,16,20H,7,9,14H2,1-4H3,(H,22,23)/t20-/m0/s1. The van der Waals surface area contributed by atoms with Gasteiger partial charge in [-0.3, -0.25) is 4.90 Å². The Balaban J connectivity index is 1.72.